The Morgan fingerprint density at radius 2 is 0.913 bits per heavy atom. The van der Waals surface area contributed by atoms with Crippen LogP contribution in [0.3, 0.4) is 0 Å². The number of aromatic hydroxyl groups is 2. The van der Waals surface area contributed by atoms with Gasteiger partial charge in [-0.2, -0.15) is 0 Å². The van der Waals surface area contributed by atoms with Crippen LogP contribution in [-0.4, -0.2) is 48.2 Å². The number of hydrogen-bond acceptors (Lipinski definition) is 6. The Kier molecular flexibility index (Phi) is 5.61. The zero-order valence-electron chi connectivity index (χ0n) is 26.8. The highest BCUT2D eigenvalue weighted by molar-refractivity contribution is 6.11. The van der Waals surface area contributed by atoms with Crippen molar-refractivity contribution < 1.29 is 29.2 Å². The van der Waals surface area contributed by atoms with Crippen LogP contribution in [0.4, 0.5) is 0 Å². The fourth-order valence-electron chi connectivity index (χ4n) is 11.4. The van der Waals surface area contributed by atoms with Gasteiger partial charge >= 0.3 is 0 Å². The fourth-order valence-corrected chi connectivity index (χ4v) is 11.4. The van der Waals surface area contributed by atoms with E-state index in [1.807, 2.05) is 12.1 Å². The number of fused-ring (bicyclic) bond motifs is 12. The summed E-state index contributed by atoms with van der Waals surface area (Å²) in [6.07, 6.45) is 7.84. The lowest BCUT2D eigenvalue weighted by molar-refractivity contribution is -0.222. The molecule has 2 N–H and O–H groups in total. The number of benzene rings is 4. The van der Waals surface area contributed by atoms with Crippen LogP contribution in [0.25, 0.3) is 32.7 Å². The normalized spacial score (nSPS) is 31.9. The van der Waals surface area contributed by atoms with Gasteiger partial charge in [-0.05, 0) is 106 Å². The molecule has 2 saturated heterocycles. The van der Waals surface area contributed by atoms with Crippen LogP contribution < -0.4 is 0 Å². The summed E-state index contributed by atoms with van der Waals surface area (Å²) in [4.78, 5) is 0. The minimum atomic E-state index is -0.466. The van der Waals surface area contributed by atoms with Crippen LogP contribution in [-0.2, 0) is 31.8 Å². The van der Waals surface area contributed by atoms with E-state index in [0.717, 1.165) is 73.3 Å². The molecule has 6 nitrogen and oxygen atoms in total. The van der Waals surface area contributed by atoms with E-state index < -0.39 is 11.6 Å². The Balaban J connectivity index is 1.12. The maximum Gasteiger partial charge on any atom is 0.174 e. The van der Waals surface area contributed by atoms with Gasteiger partial charge in [0.05, 0.1) is 26.4 Å². The first-order valence-corrected chi connectivity index (χ1v) is 17.4. The number of ether oxygens (including phenoxy) is 4. The van der Waals surface area contributed by atoms with E-state index in [9.17, 15) is 10.2 Å². The van der Waals surface area contributed by atoms with Crippen LogP contribution in [0.2, 0.25) is 0 Å². The van der Waals surface area contributed by atoms with Gasteiger partial charge in [0.15, 0.2) is 11.6 Å². The molecule has 0 radical (unpaired) electrons. The number of phenols is 2. The highest BCUT2D eigenvalue weighted by atomic mass is 16.7. The molecule has 6 aliphatic rings. The topological polar surface area (TPSA) is 77.4 Å². The van der Waals surface area contributed by atoms with Crippen molar-refractivity contribution in [3.63, 3.8) is 0 Å². The van der Waals surface area contributed by atoms with Gasteiger partial charge < -0.3 is 29.2 Å². The Morgan fingerprint density at radius 1 is 0.522 bits per heavy atom. The average Bonchev–Trinajstić information content (AvgIpc) is 3.86. The van der Waals surface area contributed by atoms with E-state index >= 15 is 0 Å². The van der Waals surface area contributed by atoms with Gasteiger partial charge in [0.2, 0.25) is 0 Å². The second-order valence-electron chi connectivity index (χ2n) is 15.3. The van der Waals surface area contributed by atoms with Crippen molar-refractivity contribution in [3.05, 3.63) is 70.8 Å². The summed E-state index contributed by atoms with van der Waals surface area (Å²) < 4.78 is 25.3. The first-order valence-electron chi connectivity index (χ1n) is 17.4. The summed E-state index contributed by atoms with van der Waals surface area (Å²) in [6, 6.07) is 16.7. The zero-order chi connectivity index (χ0) is 31.1. The monoisotopic (exact) mass is 618 g/mol. The molecule has 0 aromatic heterocycles. The van der Waals surface area contributed by atoms with E-state index in [1.165, 1.54) is 33.0 Å². The van der Waals surface area contributed by atoms with E-state index in [1.54, 1.807) is 0 Å². The second-order valence-corrected chi connectivity index (χ2v) is 15.3. The van der Waals surface area contributed by atoms with Gasteiger partial charge in [-0.25, -0.2) is 0 Å². The molecular weight excluding hydrogens is 576 g/mol. The van der Waals surface area contributed by atoms with E-state index in [4.69, 9.17) is 18.9 Å². The van der Waals surface area contributed by atoms with Gasteiger partial charge in [-0.3, -0.25) is 0 Å². The minimum absolute atomic E-state index is 0.0536. The van der Waals surface area contributed by atoms with Crippen LogP contribution in [0.5, 0.6) is 11.5 Å². The molecule has 2 heterocycles. The lowest BCUT2D eigenvalue weighted by atomic mass is 9.64. The molecule has 2 saturated carbocycles. The summed E-state index contributed by atoms with van der Waals surface area (Å²) in [5.41, 5.74) is 6.82. The zero-order valence-corrected chi connectivity index (χ0v) is 26.8. The molecule has 46 heavy (non-hydrogen) atoms. The van der Waals surface area contributed by atoms with Crippen molar-refractivity contribution in [3.8, 4) is 22.6 Å². The SMILES string of the molecule is C[C@]12CCc3c(ccc4c(-c5c(O)ccc6c7c(ccc56)[C@H]5CCC6(OCCO6)[C@@]5(C)CC7)c(O)ccc34)[C@H]1CCC21OCCO1. The summed E-state index contributed by atoms with van der Waals surface area (Å²) in [7, 11) is 0. The Hall–Kier alpha value is -3.16. The van der Waals surface area contributed by atoms with Crippen molar-refractivity contribution in [2.24, 2.45) is 10.8 Å². The van der Waals surface area contributed by atoms with Crippen molar-refractivity contribution in [2.45, 2.75) is 88.6 Å². The molecule has 238 valence electrons. The molecule has 2 aliphatic heterocycles. The molecular formula is C40H42O6. The largest absolute Gasteiger partial charge is 0.507 e. The maximum atomic E-state index is 11.5. The Morgan fingerprint density at radius 3 is 1.33 bits per heavy atom. The van der Waals surface area contributed by atoms with Crippen molar-refractivity contribution >= 4 is 21.5 Å². The van der Waals surface area contributed by atoms with Crippen molar-refractivity contribution in [2.75, 3.05) is 26.4 Å². The van der Waals surface area contributed by atoms with Crippen LogP contribution in [0.1, 0.15) is 86.5 Å². The maximum absolute atomic E-state index is 11.5. The molecule has 0 unspecified atom stereocenters. The molecule has 0 bridgehead atoms. The first-order chi connectivity index (χ1) is 22.3. The summed E-state index contributed by atoms with van der Waals surface area (Å²) in [6.45, 7) is 7.44. The summed E-state index contributed by atoms with van der Waals surface area (Å²) >= 11 is 0. The smallest absolute Gasteiger partial charge is 0.174 e. The van der Waals surface area contributed by atoms with Gasteiger partial charge in [0.1, 0.15) is 11.5 Å². The van der Waals surface area contributed by atoms with Crippen LogP contribution in [0.15, 0.2) is 48.5 Å². The lowest BCUT2D eigenvalue weighted by Gasteiger charge is -2.46. The highest BCUT2D eigenvalue weighted by Gasteiger charge is 2.63. The molecule has 4 fully saturated rings. The molecule has 0 amide bonds. The molecule has 2 spiro atoms. The number of aryl methyl sites for hydroxylation is 2. The number of phenolic OH excluding ortho intramolecular Hbond substituents is 2. The molecule has 10 rings (SSSR count). The molecule has 4 aliphatic carbocycles. The van der Waals surface area contributed by atoms with Gasteiger partial charge in [0.25, 0.3) is 0 Å². The highest BCUT2D eigenvalue weighted by Crippen LogP contribution is 2.65. The van der Waals surface area contributed by atoms with Gasteiger partial charge in [-0.15, -0.1) is 0 Å². The molecule has 4 aromatic rings. The second kappa shape index (κ2) is 9.25. The molecule has 6 heteroatoms. The Bertz CT molecular complexity index is 1810. The first kappa shape index (κ1) is 27.9. The van der Waals surface area contributed by atoms with Crippen LogP contribution >= 0.6 is 0 Å². The predicted octanol–water partition coefficient (Wildman–Crippen LogP) is 8.22. The standard InChI is InChI=1S/C40H42O6/c1-37-15-11-25-23-7-9-33(41)35(29(23)5-3-27(25)31(37)13-17-39(37)43-19-20-44-39)36-30-6-4-28-26(24(30)8-10-34(36)42)12-16-38(2)32(28)14-18-40(38)45-21-22-46-40/h3-10,31-32,41-42H,11-22H2,1-2H3/t31-,32-,37+,38+/m1/s1. The van der Waals surface area contributed by atoms with Gasteiger partial charge in [0, 0.05) is 34.8 Å². The molecule has 4 aromatic carbocycles. The predicted molar refractivity (Wildman–Crippen MR) is 176 cm³/mol. The Labute approximate surface area is 269 Å². The summed E-state index contributed by atoms with van der Waals surface area (Å²) in [5, 5.41) is 27.4. The van der Waals surface area contributed by atoms with Crippen molar-refractivity contribution in [1.82, 2.24) is 0 Å². The third kappa shape index (κ3) is 3.27. The quantitative estimate of drug-likeness (QED) is 0.224. The fraction of sp³-hybridized carbons (Fsp3) is 0.500. The van der Waals surface area contributed by atoms with Crippen molar-refractivity contribution in [1.29, 1.82) is 0 Å². The molecule has 4 atom stereocenters. The lowest BCUT2D eigenvalue weighted by Crippen LogP contribution is -2.47. The van der Waals surface area contributed by atoms with Crippen LogP contribution in [0, 0.1) is 10.8 Å². The summed E-state index contributed by atoms with van der Waals surface area (Å²) in [5.74, 6) is 0.199. The minimum Gasteiger partial charge on any atom is -0.507 e. The number of rotatable bonds is 1. The van der Waals surface area contributed by atoms with Gasteiger partial charge in [-0.1, -0.05) is 50.2 Å². The van der Waals surface area contributed by atoms with E-state index in [0.29, 0.717) is 38.3 Å². The van der Waals surface area contributed by atoms with E-state index in [2.05, 4.69) is 50.2 Å². The number of hydrogen-bond donors (Lipinski definition) is 2. The third-order valence-electron chi connectivity index (χ3n) is 13.8. The average molecular weight is 619 g/mol. The van der Waals surface area contributed by atoms with E-state index in [-0.39, 0.29) is 22.3 Å². The third-order valence-corrected chi connectivity index (χ3v) is 13.8.